The summed E-state index contributed by atoms with van der Waals surface area (Å²) in [7, 11) is 0. The molecule has 32 nitrogen and oxygen atoms in total. The van der Waals surface area contributed by atoms with Crippen LogP contribution in [0.4, 0.5) is 0 Å². The molecule has 2 aromatic rings. The van der Waals surface area contributed by atoms with Crippen LogP contribution in [0.15, 0.2) is 54.6 Å². The van der Waals surface area contributed by atoms with Crippen LogP contribution < -0.4 is 65.1 Å². The second-order valence-electron chi connectivity index (χ2n) is 23.0. The van der Waals surface area contributed by atoms with Crippen LogP contribution in [0.5, 0.6) is 5.75 Å². The van der Waals surface area contributed by atoms with Gasteiger partial charge in [0, 0.05) is 25.8 Å². The summed E-state index contributed by atoms with van der Waals surface area (Å²) in [5, 5.41) is 71.3. The first kappa shape index (κ1) is 75.9. The third kappa shape index (κ3) is 24.2. The zero-order chi connectivity index (χ0) is 68.6. The number of amides is 12. The molecule has 1 heterocycles. The molecule has 32 heteroatoms. The third-order valence-corrected chi connectivity index (χ3v) is 15.0. The molecule has 1 saturated heterocycles. The number of phenols is 1. The van der Waals surface area contributed by atoms with Crippen molar-refractivity contribution in [3.63, 3.8) is 0 Å². The molecule has 2 aromatic carbocycles. The molecule has 1 aliphatic heterocycles. The molecule has 13 atom stereocenters. The van der Waals surface area contributed by atoms with E-state index in [4.69, 9.17) is 17.2 Å². The van der Waals surface area contributed by atoms with Crippen molar-refractivity contribution in [1.29, 1.82) is 0 Å². The lowest BCUT2D eigenvalue weighted by atomic mass is 9.95. The van der Waals surface area contributed by atoms with E-state index in [2.05, 4.69) is 47.9 Å². The normalized spacial score (nSPS) is 16.8. The van der Waals surface area contributed by atoms with Crippen molar-refractivity contribution in [2.75, 3.05) is 13.2 Å². The molecule has 0 spiro atoms. The highest BCUT2D eigenvalue weighted by molar-refractivity contribution is 6.00. The van der Waals surface area contributed by atoms with E-state index >= 15 is 0 Å². The van der Waals surface area contributed by atoms with Crippen molar-refractivity contribution < 1.29 is 92.7 Å². The fourth-order valence-corrected chi connectivity index (χ4v) is 9.57. The average molecular weight is 1280 g/mol. The van der Waals surface area contributed by atoms with Gasteiger partial charge in [-0.15, -0.1) is 0 Å². The van der Waals surface area contributed by atoms with Crippen molar-refractivity contribution in [2.45, 2.75) is 179 Å². The smallest absolute Gasteiger partial charge is 0.326 e. The van der Waals surface area contributed by atoms with Crippen molar-refractivity contribution in [2.24, 2.45) is 35.0 Å². The molecule has 0 aromatic heterocycles. The van der Waals surface area contributed by atoms with Crippen LogP contribution in [0.2, 0.25) is 0 Å². The zero-order valence-corrected chi connectivity index (χ0v) is 51.8. The highest BCUT2D eigenvalue weighted by Gasteiger charge is 2.42. The van der Waals surface area contributed by atoms with E-state index in [0.29, 0.717) is 11.1 Å². The molecule has 0 unspecified atom stereocenters. The first-order chi connectivity index (χ1) is 42.7. The molecule has 91 heavy (non-hydrogen) atoms. The maximum atomic E-state index is 14.5. The van der Waals surface area contributed by atoms with E-state index in [-0.39, 0.29) is 44.4 Å². The number of carboxylic acids is 2. The average Bonchev–Trinajstić information content (AvgIpc) is 2.08. The predicted octanol–water partition coefficient (Wildman–Crippen LogP) is -4.71. The van der Waals surface area contributed by atoms with Gasteiger partial charge in [-0.1, -0.05) is 90.4 Å². The number of carbonyl (C=O) groups is 14. The number of nitrogens with two attached hydrogens (primary N) is 3. The summed E-state index contributed by atoms with van der Waals surface area (Å²) in [5.41, 5.74) is 17.4. The molecular formula is C59H87N13O19. The van der Waals surface area contributed by atoms with Gasteiger partial charge in [-0.05, 0) is 67.2 Å². The Morgan fingerprint density at radius 1 is 0.549 bits per heavy atom. The zero-order valence-electron chi connectivity index (χ0n) is 51.8. The van der Waals surface area contributed by atoms with Crippen LogP contribution in [0.25, 0.3) is 0 Å². The number of aliphatic hydroxyl groups excluding tert-OH is 2. The molecule has 12 amide bonds. The first-order valence-corrected chi connectivity index (χ1v) is 29.6. The number of phenolic OH excluding ortho intramolecular Hbond substituents is 1. The fraction of sp³-hybridized carbons (Fsp3) is 0.559. The summed E-state index contributed by atoms with van der Waals surface area (Å²) in [4.78, 5) is 189. The lowest BCUT2D eigenvalue weighted by Gasteiger charge is -2.31. The van der Waals surface area contributed by atoms with Crippen molar-refractivity contribution in [3.8, 4) is 5.75 Å². The van der Waals surface area contributed by atoms with Crippen LogP contribution in [0.3, 0.4) is 0 Å². The minimum Gasteiger partial charge on any atom is -0.508 e. The van der Waals surface area contributed by atoms with Crippen LogP contribution in [0.1, 0.15) is 105 Å². The van der Waals surface area contributed by atoms with Gasteiger partial charge < -0.3 is 95.5 Å². The summed E-state index contributed by atoms with van der Waals surface area (Å²) < 4.78 is 0. The van der Waals surface area contributed by atoms with Gasteiger partial charge in [0.15, 0.2) is 0 Å². The number of aliphatic carboxylic acids is 2. The predicted molar refractivity (Wildman–Crippen MR) is 322 cm³/mol. The van der Waals surface area contributed by atoms with Gasteiger partial charge in [-0.3, -0.25) is 62.3 Å². The summed E-state index contributed by atoms with van der Waals surface area (Å²) in [6.45, 7) is 9.56. The van der Waals surface area contributed by atoms with Crippen LogP contribution >= 0.6 is 0 Å². The van der Waals surface area contributed by atoms with Gasteiger partial charge in [0.25, 0.3) is 0 Å². The maximum Gasteiger partial charge on any atom is 0.326 e. The number of likely N-dealkylation sites (tertiary alicyclic amines) is 1. The second kappa shape index (κ2) is 36.4. The number of aromatic hydroxyl groups is 1. The van der Waals surface area contributed by atoms with Gasteiger partial charge >= 0.3 is 11.9 Å². The second-order valence-corrected chi connectivity index (χ2v) is 23.0. The van der Waals surface area contributed by atoms with Crippen molar-refractivity contribution in [3.05, 3.63) is 65.7 Å². The molecular weight excluding hydrogens is 1190 g/mol. The molecule has 3 rings (SSSR count). The van der Waals surface area contributed by atoms with Gasteiger partial charge in [0.2, 0.25) is 70.9 Å². The summed E-state index contributed by atoms with van der Waals surface area (Å²) in [6.07, 6.45) is -4.82. The number of hydrogen-bond acceptors (Lipinski definition) is 18. The number of rotatable bonds is 37. The first-order valence-electron chi connectivity index (χ1n) is 29.6. The summed E-state index contributed by atoms with van der Waals surface area (Å²) in [6, 6.07) is -3.79. The van der Waals surface area contributed by atoms with Crippen LogP contribution in [-0.4, -0.2) is 199 Å². The lowest BCUT2D eigenvalue weighted by molar-refractivity contribution is -0.144. The summed E-state index contributed by atoms with van der Waals surface area (Å²) in [5.74, 6) is -17.4. The van der Waals surface area contributed by atoms with E-state index in [0.717, 1.165) is 11.8 Å². The number of carbonyl (C=O) groups excluding carboxylic acids is 12. The molecule has 502 valence electrons. The van der Waals surface area contributed by atoms with E-state index in [1.807, 2.05) is 0 Å². The molecule has 20 N–H and O–H groups in total. The SMILES string of the molecule is CC[C@H](C)[C@H](NC(=O)[C@@H](NC(=O)[C@H](Cc1ccccc1)NC(=O)[C@H](CCC(=O)O)NC(=O)[C@@H]1CCCN1C(=O)[C@H](CC(N)=O)NC(=O)[C@@H](NC(=O)[C@H](Cc1ccc(O)cc1)NC(=O)[C@@H](N)CO)[C@@H](C)O)C(C)C)C(=O)N[C@@H](CC(N)=O)C(=O)N[C@H](C(=O)O)C(C)C. The van der Waals surface area contributed by atoms with Gasteiger partial charge in [0.05, 0.1) is 25.6 Å². The Kier molecular flexibility index (Phi) is 30.4. The Balaban J connectivity index is 1.92. The number of primary amides is 2. The Labute approximate surface area is 525 Å². The molecule has 1 aliphatic rings. The Morgan fingerprint density at radius 2 is 1.00 bits per heavy atom. The number of aliphatic hydroxyl groups is 2. The molecule has 1 fully saturated rings. The molecule has 0 saturated carbocycles. The van der Waals surface area contributed by atoms with E-state index in [9.17, 15) is 92.7 Å². The van der Waals surface area contributed by atoms with Crippen LogP contribution in [-0.2, 0) is 80.0 Å². The monoisotopic (exact) mass is 1280 g/mol. The Morgan fingerprint density at radius 3 is 1.51 bits per heavy atom. The molecule has 0 aliphatic carbocycles. The third-order valence-electron chi connectivity index (χ3n) is 15.0. The highest BCUT2D eigenvalue weighted by Crippen LogP contribution is 2.21. The van der Waals surface area contributed by atoms with Crippen molar-refractivity contribution >= 4 is 82.8 Å². The highest BCUT2D eigenvalue weighted by atomic mass is 16.4. The minimum absolute atomic E-state index is 0.0748. The van der Waals surface area contributed by atoms with Gasteiger partial charge in [0.1, 0.15) is 72.2 Å². The van der Waals surface area contributed by atoms with E-state index in [1.165, 1.54) is 38.1 Å². The largest absolute Gasteiger partial charge is 0.508 e. The maximum absolute atomic E-state index is 14.5. The van der Waals surface area contributed by atoms with E-state index < -0.39 is 205 Å². The fourth-order valence-electron chi connectivity index (χ4n) is 9.57. The number of benzene rings is 2. The topological polar surface area (TPSA) is 530 Å². The minimum atomic E-state index is -1.89. The van der Waals surface area contributed by atoms with Gasteiger partial charge in [-0.25, -0.2) is 4.79 Å². The lowest BCUT2D eigenvalue weighted by Crippen LogP contribution is -2.62. The molecule has 0 bridgehead atoms. The number of nitrogens with one attached hydrogen (secondary N) is 9. The number of carboxylic acid groups (broad SMARTS) is 2. The number of nitrogens with zero attached hydrogens (tertiary/aromatic N) is 1. The standard InChI is InChI=1S/C59H87N13O19/c1-8-30(6)47(56(87)66-39(25-42(61)76)53(84)69-46(29(4)5)59(90)91)70-55(86)45(28(2)3)68-51(82)38(23-32-13-10-9-11-14-32)65-50(81)36(20-21-44(78)79)63-54(85)41-15-12-22-72(41)58(89)40(26-43(62)77)67-57(88)48(31(7)74)71-52(83)37(64-49(80)35(60)27-73)24-33-16-18-34(75)19-17-33/h9-11,13-14,16-19,28-31,35-41,45-48,73-75H,8,12,15,20-27,60H2,1-7H3,(H2,61,76)(H2,62,77)(H,63,85)(H,64,80)(H,65,81)(H,66,87)(H,67,88)(H,68,82)(H,69,84)(H,70,86)(H,71,83)(H,78,79)(H,90,91)/t30-,31+,35-,36-,37-,38-,39-,40-,41-,45-,46-,47-,48-/m0/s1. The van der Waals surface area contributed by atoms with Crippen molar-refractivity contribution in [1.82, 2.24) is 52.8 Å². The van der Waals surface area contributed by atoms with Gasteiger partial charge in [-0.2, -0.15) is 0 Å². The van der Waals surface area contributed by atoms with E-state index in [1.54, 1.807) is 58.0 Å². The Hall–Kier alpha value is -9.30. The van der Waals surface area contributed by atoms with Crippen LogP contribution in [0, 0.1) is 17.8 Å². The summed E-state index contributed by atoms with van der Waals surface area (Å²) >= 11 is 0. The number of hydrogen-bond donors (Lipinski definition) is 17. The quantitative estimate of drug-likeness (QED) is 0.0302. The molecule has 0 radical (unpaired) electrons. The Bertz CT molecular complexity index is 2910.